The molecular weight excluding hydrogens is 458 g/mol. The normalized spacial score (nSPS) is 18.9. The molecule has 0 N–H and O–H groups in total. The van der Waals surface area contributed by atoms with Gasteiger partial charge in [-0.3, -0.25) is 9.69 Å². The second kappa shape index (κ2) is 11.0. The fourth-order valence-electron chi connectivity index (χ4n) is 6.41. The van der Waals surface area contributed by atoms with Crippen LogP contribution in [0.5, 0.6) is 0 Å². The van der Waals surface area contributed by atoms with Gasteiger partial charge in [0, 0.05) is 45.7 Å². The van der Waals surface area contributed by atoms with Crippen LogP contribution in [0.3, 0.4) is 0 Å². The average molecular weight is 496 g/mol. The van der Waals surface area contributed by atoms with Gasteiger partial charge < -0.3 is 14.6 Å². The largest absolute Gasteiger partial charge is 0.339 e. The molecule has 2 saturated heterocycles. The number of nitrogens with zero attached hydrogens (tertiary/aromatic N) is 3. The highest BCUT2D eigenvalue weighted by molar-refractivity contribution is 5.88. The zero-order chi connectivity index (χ0) is 25.7. The first-order chi connectivity index (χ1) is 18.1. The van der Waals surface area contributed by atoms with Crippen LogP contribution in [0.2, 0.25) is 0 Å². The van der Waals surface area contributed by atoms with E-state index in [-0.39, 0.29) is 5.91 Å². The number of aldehydes is 1. The van der Waals surface area contributed by atoms with Gasteiger partial charge in [-0.15, -0.1) is 0 Å². The molecule has 0 saturated carbocycles. The molecule has 1 amide bonds. The van der Waals surface area contributed by atoms with Crippen molar-refractivity contribution in [3.05, 3.63) is 108 Å². The van der Waals surface area contributed by atoms with Crippen LogP contribution >= 0.6 is 0 Å². The molecule has 2 fully saturated rings. The molecule has 5 heteroatoms. The molecule has 5 nitrogen and oxygen atoms in total. The summed E-state index contributed by atoms with van der Waals surface area (Å²) in [6.07, 6.45) is 2.87. The molecule has 2 aliphatic rings. The Bertz CT molecular complexity index is 1130. The summed E-state index contributed by atoms with van der Waals surface area (Å²) >= 11 is 0. The van der Waals surface area contributed by atoms with Crippen LogP contribution in [0.25, 0.3) is 0 Å². The Morgan fingerprint density at radius 3 is 1.73 bits per heavy atom. The highest BCUT2D eigenvalue weighted by atomic mass is 16.2. The van der Waals surface area contributed by atoms with E-state index in [0.717, 1.165) is 75.1 Å². The maximum Gasteiger partial charge on any atom is 0.233 e. The number of carbonyl (C=O) groups excluding carboxylic acids is 2. The van der Waals surface area contributed by atoms with Crippen LogP contribution in [0.1, 0.15) is 36.0 Å². The molecule has 5 rings (SSSR count). The van der Waals surface area contributed by atoms with Crippen molar-refractivity contribution >= 4 is 12.2 Å². The van der Waals surface area contributed by atoms with E-state index in [2.05, 4.69) is 58.1 Å². The number of piperidine rings is 1. The number of amides is 1. The minimum Gasteiger partial charge on any atom is -0.339 e. The van der Waals surface area contributed by atoms with Gasteiger partial charge in [0.1, 0.15) is 6.29 Å². The highest BCUT2D eigenvalue weighted by Crippen LogP contribution is 2.45. The van der Waals surface area contributed by atoms with E-state index in [9.17, 15) is 9.59 Å². The molecule has 3 aromatic rings. The maximum atomic E-state index is 14.2. The quantitative estimate of drug-likeness (QED) is 0.458. The lowest BCUT2D eigenvalue weighted by atomic mass is 9.69. The number of piperazine rings is 1. The molecule has 2 aliphatic heterocycles. The van der Waals surface area contributed by atoms with Crippen LogP contribution in [0.15, 0.2) is 91.0 Å². The van der Waals surface area contributed by atoms with E-state index in [0.29, 0.717) is 6.42 Å². The summed E-state index contributed by atoms with van der Waals surface area (Å²) in [6.45, 7) is 4.83. The molecule has 0 atom stereocenters. The molecule has 37 heavy (non-hydrogen) atoms. The minimum atomic E-state index is -0.565. The van der Waals surface area contributed by atoms with Gasteiger partial charge in [-0.1, -0.05) is 91.0 Å². The van der Waals surface area contributed by atoms with E-state index in [4.69, 9.17) is 0 Å². The van der Waals surface area contributed by atoms with Crippen LogP contribution < -0.4 is 0 Å². The van der Waals surface area contributed by atoms with Crippen molar-refractivity contribution in [3.8, 4) is 0 Å². The Kier molecular flexibility index (Phi) is 7.54. The van der Waals surface area contributed by atoms with Gasteiger partial charge in [0.05, 0.1) is 11.0 Å². The number of benzene rings is 3. The van der Waals surface area contributed by atoms with E-state index < -0.39 is 11.0 Å². The summed E-state index contributed by atoms with van der Waals surface area (Å²) in [5, 5.41) is 0. The SMILES string of the molecule is CN1CCN(C(=O)C2(c3ccccc3)CCN(C(CC=O)(c3ccccc3)c3ccccc3)CC2)CC1. The Morgan fingerprint density at radius 2 is 1.24 bits per heavy atom. The summed E-state index contributed by atoms with van der Waals surface area (Å²) in [6, 6.07) is 31.1. The molecule has 0 spiro atoms. The van der Waals surface area contributed by atoms with Crippen molar-refractivity contribution < 1.29 is 9.59 Å². The number of hydrogen-bond donors (Lipinski definition) is 0. The lowest BCUT2D eigenvalue weighted by molar-refractivity contribution is -0.142. The first-order valence-electron chi connectivity index (χ1n) is 13.4. The van der Waals surface area contributed by atoms with Gasteiger partial charge in [0.2, 0.25) is 5.91 Å². The monoisotopic (exact) mass is 495 g/mol. The van der Waals surface area contributed by atoms with Crippen LogP contribution in [-0.2, 0) is 20.5 Å². The van der Waals surface area contributed by atoms with Gasteiger partial charge in [-0.05, 0) is 36.6 Å². The molecule has 0 aliphatic carbocycles. The van der Waals surface area contributed by atoms with Crippen molar-refractivity contribution in [3.63, 3.8) is 0 Å². The predicted molar refractivity (Wildman–Crippen MR) is 147 cm³/mol. The zero-order valence-corrected chi connectivity index (χ0v) is 21.8. The Labute approximate surface area is 220 Å². The van der Waals surface area contributed by atoms with Gasteiger partial charge in [0.25, 0.3) is 0 Å². The molecule has 3 aromatic carbocycles. The highest BCUT2D eigenvalue weighted by Gasteiger charge is 2.49. The zero-order valence-electron chi connectivity index (χ0n) is 21.8. The number of carbonyl (C=O) groups is 2. The predicted octanol–water partition coefficient (Wildman–Crippen LogP) is 4.33. The van der Waals surface area contributed by atoms with Crippen LogP contribution in [0, 0.1) is 0 Å². The van der Waals surface area contributed by atoms with E-state index in [1.54, 1.807) is 0 Å². The Hall–Kier alpha value is -3.28. The molecule has 192 valence electrons. The second-order valence-electron chi connectivity index (χ2n) is 10.5. The molecular formula is C32H37N3O2. The van der Waals surface area contributed by atoms with Crippen molar-refractivity contribution in [2.24, 2.45) is 0 Å². The Balaban J connectivity index is 1.52. The number of likely N-dealkylation sites (N-methyl/N-ethyl adjacent to an activating group) is 1. The molecule has 0 bridgehead atoms. The topological polar surface area (TPSA) is 43.9 Å². The lowest BCUT2D eigenvalue weighted by Crippen LogP contribution is -2.59. The molecule has 0 aromatic heterocycles. The summed E-state index contributed by atoms with van der Waals surface area (Å²) in [5.41, 5.74) is 2.23. The summed E-state index contributed by atoms with van der Waals surface area (Å²) in [4.78, 5) is 33.3. The third-order valence-corrected chi connectivity index (χ3v) is 8.56. The fourth-order valence-corrected chi connectivity index (χ4v) is 6.41. The van der Waals surface area contributed by atoms with E-state index >= 15 is 0 Å². The number of hydrogen-bond acceptors (Lipinski definition) is 4. The smallest absolute Gasteiger partial charge is 0.233 e. The molecule has 0 radical (unpaired) electrons. The van der Waals surface area contributed by atoms with Gasteiger partial charge >= 0.3 is 0 Å². The first kappa shape index (κ1) is 25.4. The summed E-state index contributed by atoms with van der Waals surface area (Å²) in [7, 11) is 2.12. The van der Waals surface area contributed by atoms with Crippen molar-refractivity contribution in [2.45, 2.75) is 30.2 Å². The first-order valence-corrected chi connectivity index (χ1v) is 13.4. The maximum absolute atomic E-state index is 14.2. The summed E-state index contributed by atoms with van der Waals surface area (Å²) < 4.78 is 0. The van der Waals surface area contributed by atoms with Gasteiger partial charge in [-0.2, -0.15) is 0 Å². The second-order valence-corrected chi connectivity index (χ2v) is 10.5. The molecule has 0 unspecified atom stereocenters. The van der Waals surface area contributed by atoms with E-state index in [1.807, 2.05) is 54.6 Å². The van der Waals surface area contributed by atoms with Crippen LogP contribution in [0.4, 0.5) is 0 Å². The molecule has 2 heterocycles. The van der Waals surface area contributed by atoms with E-state index in [1.165, 1.54) is 0 Å². The lowest BCUT2D eigenvalue weighted by Gasteiger charge is -2.51. The number of rotatable bonds is 7. The van der Waals surface area contributed by atoms with Crippen molar-refractivity contribution in [1.82, 2.24) is 14.7 Å². The average Bonchev–Trinajstić information content (AvgIpc) is 2.97. The minimum absolute atomic E-state index is 0.256. The fraction of sp³-hybridized carbons (Fsp3) is 0.375. The third-order valence-electron chi connectivity index (χ3n) is 8.56. The third kappa shape index (κ3) is 4.74. The van der Waals surface area contributed by atoms with Gasteiger partial charge in [-0.25, -0.2) is 0 Å². The Morgan fingerprint density at radius 1 is 0.757 bits per heavy atom. The van der Waals surface area contributed by atoms with Gasteiger partial charge in [0.15, 0.2) is 0 Å². The van der Waals surface area contributed by atoms with Crippen molar-refractivity contribution in [1.29, 1.82) is 0 Å². The standard InChI is InChI=1S/C32H37N3O2/c1-33-22-24-34(25-23-33)30(37)31(27-11-5-2-6-12-27)17-20-35(21-18-31)32(19-26-36,28-13-7-3-8-14-28)29-15-9-4-10-16-29/h2-16,26H,17-25H2,1H3. The summed E-state index contributed by atoms with van der Waals surface area (Å²) in [5.74, 6) is 0.256. The van der Waals surface area contributed by atoms with Crippen molar-refractivity contribution in [2.75, 3.05) is 46.3 Å². The van der Waals surface area contributed by atoms with Crippen LogP contribution in [-0.4, -0.2) is 73.2 Å². The number of likely N-dealkylation sites (tertiary alicyclic amines) is 1.